The van der Waals surface area contributed by atoms with Gasteiger partial charge in [-0.1, -0.05) is 0 Å². The van der Waals surface area contributed by atoms with Gasteiger partial charge in [-0.2, -0.15) is 0 Å². The predicted octanol–water partition coefficient (Wildman–Crippen LogP) is 1.37. The normalized spacial score (nSPS) is 16.5. The largest absolute Gasteiger partial charge is 0.379 e. The van der Waals surface area contributed by atoms with E-state index in [1.54, 1.807) is 0 Å². The molecular weight excluding hydrogens is 333 g/mol. The van der Waals surface area contributed by atoms with E-state index in [0.717, 1.165) is 39.3 Å². The fourth-order valence-corrected chi connectivity index (χ4v) is 3.70. The van der Waals surface area contributed by atoms with Crippen molar-refractivity contribution in [3.63, 3.8) is 0 Å². The van der Waals surface area contributed by atoms with Crippen molar-refractivity contribution < 1.29 is 17.5 Å². The summed E-state index contributed by atoms with van der Waals surface area (Å²) >= 11 is 0. The molecule has 1 N–H and O–H groups in total. The van der Waals surface area contributed by atoms with Crippen LogP contribution < -0.4 is 4.72 Å². The minimum atomic E-state index is -3.65. The SMILES string of the molecule is O=S(=O)(NCCCN1CCOCC1)c1cnc2ccc(F)cc2c1. The first kappa shape index (κ1) is 17.2. The van der Waals surface area contributed by atoms with E-state index < -0.39 is 15.8 Å². The number of sulfonamides is 1. The Morgan fingerprint density at radius 1 is 1.25 bits per heavy atom. The smallest absolute Gasteiger partial charge is 0.242 e. The van der Waals surface area contributed by atoms with Gasteiger partial charge in [0.15, 0.2) is 0 Å². The van der Waals surface area contributed by atoms with Gasteiger partial charge in [0.25, 0.3) is 0 Å². The van der Waals surface area contributed by atoms with Crippen LogP contribution in [0.2, 0.25) is 0 Å². The summed E-state index contributed by atoms with van der Waals surface area (Å²) in [5, 5.41) is 0.464. The maximum absolute atomic E-state index is 13.3. The molecule has 1 aliphatic rings. The van der Waals surface area contributed by atoms with E-state index in [-0.39, 0.29) is 4.90 Å². The first-order valence-corrected chi connectivity index (χ1v) is 9.38. The van der Waals surface area contributed by atoms with Crippen molar-refractivity contribution in [3.8, 4) is 0 Å². The number of morpholine rings is 1. The summed E-state index contributed by atoms with van der Waals surface area (Å²) in [4.78, 5) is 6.38. The molecule has 24 heavy (non-hydrogen) atoms. The van der Waals surface area contributed by atoms with Gasteiger partial charge in [-0.3, -0.25) is 9.88 Å². The second-order valence-electron chi connectivity index (χ2n) is 5.71. The van der Waals surface area contributed by atoms with Gasteiger partial charge >= 0.3 is 0 Å². The molecule has 0 spiro atoms. The third-order valence-corrected chi connectivity index (χ3v) is 5.40. The number of aromatic nitrogens is 1. The maximum Gasteiger partial charge on any atom is 0.242 e. The predicted molar refractivity (Wildman–Crippen MR) is 88.8 cm³/mol. The zero-order valence-electron chi connectivity index (χ0n) is 13.2. The monoisotopic (exact) mass is 353 g/mol. The van der Waals surface area contributed by atoms with E-state index in [9.17, 15) is 12.8 Å². The molecule has 1 aromatic carbocycles. The van der Waals surface area contributed by atoms with Crippen molar-refractivity contribution in [1.29, 1.82) is 0 Å². The van der Waals surface area contributed by atoms with E-state index >= 15 is 0 Å². The highest BCUT2D eigenvalue weighted by atomic mass is 32.2. The van der Waals surface area contributed by atoms with Crippen molar-refractivity contribution >= 4 is 20.9 Å². The molecule has 0 radical (unpaired) electrons. The van der Waals surface area contributed by atoms with Crippen molar-refractivity contribution in [2.75, 3.05) is 39.4 Å². The van der Waals surface area contributed by atoms with E-state index in [1.807, 2.05) is 0 Å². The quantitative estimate of drug-likeness (QED) is 0.795. The molecule has 0 saturated carbocycles. The van der Waals surface area contributed by atoms with Crippen LogP contribution in [0, 0.1) is 5.82 Å². The molecule has 0 bridgehead atoms. The van der Waals surface area contributed by atoms with Gasteiger partial charge in [-0.15, -0.1) is 0 Å². The third-order valence-electron chi connectivity index (χ3n) is 3.98. The van der Waals surface area contributed by atoms with Gasteiger partial charge in [0.05, 0.1) is 18.7 Å². The molecule has 2 aromatic rings. The van der Waals surface area contributed by atoms with Crippen LogP contribution in [-0.2, 0) is 14.8 Å². The highest BCUT2D eigenvalue weighted by Crippen LogP contribution is 2.17. The van der Waals surface area contributed by atoms with Crippen LogP contribution in [-0.4, -0.2) is 57.7 Å². The molecule has 130 valence electrons. The Kier molecular flexibility index (Phi) is 5.40. The lowest BCUT2D eigenvalue weighted by atomic mass is 10.2. The van der Waals surface area contributed by atoms with Crippen LogP contribution in [0.1, 0.15) is 6.42 Å². The number of hydrogen-bond donors (Lipinski definition) is 1. The summed E-state index contributed by atoms with van der Waals surface area (Å²) in [6, 6.07) is 5.54. The number of fused-ring (bicyclic) bond motifs is 1. The average molecular weight is 353 g/mol. The first-order valence-electron chi connectivity index (χ1n) is 7.90. The molecule has 1 aromatic heterocycles. The fourth-order valence-electron chi connectivity index (χ4n) is 2.65. The lowest BCUT2D eigenvalue weighted by molar-refractivity contribution is 0.0376. The van der Waals surface area contributed by atoms with Gasteiger partial charge in [0.2, 0.25) is 10.0 Å². The zero-order valence-corrected chi connectivity index (χ0v) is 14.1. The van der Waals surface area contributed by atoms with Gasteiger partial charge in [0, 0.05) is 31.2 Å². The molecule has 0 unspecified atom stereocenters. The number of rotatable bonds is 6. The highest BCUT2D eigenvalue weighted by Gasteiger charge is 2.15. The number of ether oxygens (including phenoxy) is 1. The van der Waals surface area contributed by atoms with Crippen molar-refractivity contribution in [3.05, 3.63) is 36.3 Å². The lowest BCUT2D eigenvalue weighted by Gasteiger charge is -2.26. The second kappa shape index (κ2) is 7.52. The average Bonchev–Trinajstić information content (AvgIpc) is 2.59. The summed E-state index contributed by atoms with van der Waals surface area (Å²) in [6.07, 6.45) is 2.01. The molecule has 1 saturated heterocycles. The lowest BCUT2D eigenvalue weighted by Crippen LogP contribution is -2.38. The molecule has 1 fully saturated rings. The Hall–Kier alpha value is -1.61. The molecule has 2 heterocycles. The fraction of sp³-hybridized carbons (Fsp3) is 0.438. The van der Waals surface area contributed by atoms with E-state index in [2.05, 4.69) is 14.6 Å². The summed E-state index contributed by atoms with van der Waals surface area (Å²) in [5.74, 6) is -0.419. The van der Waals surface area contributed by atoms with Crippen LogP contribution in [0.3, 0.4) is 0 Å². The van der Waals surface area contributed by atoms with E-state index in [0.29, 0.717) is 17.4 Å². The Morgan fingerprint density at radius 3 is 2.83 bits per heavy atom. The van der Waals surface area contributed by atoms with Gasteiger partial charge in [0.1, 0.15) is 10.7 Å². The summed E-state index contributed by atoms with van der Waals surface area (Å²) in [5.41, 5.74) is 0.558. The zero-order chi connectivity index (χ0) is 17.0. The Labute approximate surface area is 140 Å². The molecule has 0 atom stereocenters. The Balaban J connectivity index is 1.60. The molecular formula is C16H20FN3O3S. The maximum atomic E-state index is 13.3. The number of benzene rings is 1. The first-order chi connectivity index (χ1) is 11.5. The highest BCUT2D eigenvalue weighted by molar-refractivity contribution is 7.89. The van der Waals surface area contributed by atoms with Crippen molar-refractivity contribution in [2.24, 2.45) is 0 Å². The summed E-state index contributed by atoms with van der Waals surface area (Å²) in [6.45, 7) is 4.39. The topological polar surface area (TPSA) is 71.5 Å². The minimum absolute atomic E-state index is 0.0481. The number of halogens is 1. The third kappa shape index (κ3) is 4.27. The van der Waals surface area contributed by atoms with E-state index in [1.165, 1.54) is 30.5 Å². The summed E-state index contributed by atoms with van der Waals surface area (Å²) in [7, 11) is -3.65. The van der Waals surface area contributed by atoms with Gasteiger partial charge in [-0.05, 0) is 37.2 Å². The molecule has 1 aliphatic heterocycles. The van der Waals surface area contributed by atoms with Crippen LogP contribution in [0.4, 0.5) is 4.39 Å². The standard InChI is InChI=1S/C16H20FN3O3S/c17-14-2-3-16-13(10-14)11-15(12-18-16)24(21,22)19-4-1-5-20-6-8-23-9-7-20/h2-3,10-12,19H,1,4-9H2. The molecule has 0 amide bonds. The van der Waals surface area contributed by atoms with Crippen molar-refractivity contribution in [2.45, 2.75) is 11.3 Å². The van der Waals surface area contributed by atoms with Gasteiger partial charge < -0.3 is 4.74 Å². The Bertz CT molecular complexity index is 807. The van der Waals surface area contributed by atoms with Crippen LogP contribution in [0.5, 0.6) is 0 Å². The van der Waals surface area contributed by atoms with Crippen molar-refractivity contribution in [1.82, 2.24) is 14.6 Å². The summed E-state index contributed by atoms with van der Waals surface area (Å²) < 4.78 is 45.8. The number of hydrogen-bond acceptors (Lipinski definition) is 5. The second-order valence-corrected chi connectivity index (χ2v) is 7.48. The van der Waals surface area contributed by atoms with Crippen LogP contribution >= 0.6 is 0 Å². The van der Waals surface area contributed by atoms with Gasteiger partial charge in [-0.25, -0.2) is 17.5 Å². The van der Waals surface area contributed by atoms with Crippen LogP contribution in [0.25, 0.3) is 10.9 Å². The molecule has 3 rings (SSSR count). The minimum Gasteiger partial charge on any atom is -0.379 e. The van der Waals surface area contributed by atoms with Crippen LogP contribution in [0.15, 0.2) is 35.4 Å². The molecule has 6 nitrogen and oxygen atoms in total. The number of nitrogens with zero attached hydrogens (tertiary/aromatic N) is 2. The molecule has 0 aliphatic carbocycles. The molecule has 8 heteroatoms. The number of pyridine rings is 1. The Morgan fingerprint density at radius 2 is 2.04 bits per heavy atom. The number of nitrogens with one attached hydrogen (secondary N) is 1. The van der Waals surface area contributed by atoms with E-state index in [4.69, 9.17) is 4.74 Å².